The summed E-state index contributed by atoms with van der Waals surface area (Å²) in [7, 11) is 4.03. The average Bonchev–Trinajstić information content (AvgIpc) is 3.07. The predicted octanol–water partition coefficient (Wildman–Crippen LogP) is 1.83. The molecule has 0 unspecified atom stereocenters. The van der Waals surface area contributed by atoms with Gasteiger partial charge in [-0.25, -0.2) is 0 Å². The first-order chi connectivity index (χ1) is 11.1. The normalized spacial score (nSPS) is 11.1. The lowest BCUT2D eigenvalue weighted by Gasteiger charge is -2.06. The first-order valence-corrected chi connectivity index (χ1v) is 9.24. The molecular weight excluding hydrogens is 336 g/mol. The molecule has 0 aliphatic heterocycles. The highest BCUT2D eigenvalue weighted by molar-refractivity contribution is 7.98. The van der Waals surface area contributed by atoms with E-state index in [1.165, 1.54) is 4.07 Å². The van der Waals surface area contributed by atoms with Crippen molar-refractivity contribution < 1.29 is 9.15 Å². The van der Waals surface area contributed by atoms with Crippen LogP contribution in [0.3, 0.4) is 0 Å². The molecule has 2 aromatic heterocycles. The lowest BCUT2D eigenvalue weighted by atomic mass is 10.4. The summed E-state index contributed by atoms with van der Waals surface area (Å²) in [5.74, 6) is 3.78. The van der Waals surface area contributed by atoms with E-state index in [0.29, 0.717) is 13.2 Å². The van der Waals surface area contributed by atoms with Crippen LogP contribution in [0.15, 0.2) is 21.3 Å². The van der Waals surface area contributed by atoms with Crippen molar-refractivity contribution in [1.82, 2.24) is 13.3 Å². The van der Waals surface area contributed by atoms with E-state index in [-0.39, 0.29) is 11.4 Å². The van der Waals surface area contributed by atoms with Crippen LogP contribution in [0.2, 0.25) is 0 Å². The lowest BCUT2D eigenvalue weighted by molar-refractivity contribution is 0.325. The lowest BCUT2D eigenvalue weighted by Crippen LogP contribution is -2.26. The van der Waals surface area contributed by atoms with Gasteiger partial charge in [-0.1, -0.05) is 0 Å². The second-order valence-electron chi connectivity index (χ2n) is 5.08. The zero-order valence-corrected chi connectivity index (χ0v) is 15.2. The van der Waals surface area contributed by atoms with Crippen LogP contribution in [0.4, 0.5) is 0 Å². The maximum Gasteiger partial charge on any atom is 0.343 e. The standard InChI is InChI=1S/C14H22N4O3S2/c1-4-20-13-14(19)18(23-16-13)15-7-8-22-10-12-6-5-11(21-12)9-17(2)3/h5-6,15H,4,7-10H2,1-3H3. The number of hydrogen-bond donors (Lipinski definition) is 1. The molecule has 7 nitrogen and oxygen atoms in total. The minimum atomic E-state index is -0.235. The average molecular weight is 358 g/mol. The van der Waals surface area contributed by atoms with Crippen LogP contribution in [-0.4, -0.2) is 46.3 Å². The van der Waals surface area contributed by atoms with Crippen LogP contribution in [0.1, 0.15) is 18.4 Å². The molecule has 1 N–H and O–H groups in total. The molecule has 2 aromatic rings. The zero-order valence-electron chi connectivity index (χ0n) is 13.6. The van der Waals surface area contributed by atoms with Gasteiger partial charge in [-0.3, -0.25) is 4.79 Å². The Morgan fingerprint density at radius 1 is 1.43 bits per heavy atom. The second-order valence-corrected chi connectivity index (χ2v) is 6.89. The van der Waals surface area contributed by atoms with Crippen molar-refractivity contribution >= 4 is 23.5 Å². The number of nitrogens with one attached hydrogen (secondary N) is 1. The van der Waals surface area contributed by atoms with Gasteiger partial charge in [0, 0.05) is 12.3 Å². The molecule has 0 aromatic carbocycles. The van der Waals surface area contributed by atoms with E-state index in [0.717, 1.165) is 41.3 Å². The molecule has 0 spiro atoms. The molecule has 0 aliphatic rings. The van der Waals surface area contributed by atoms with Crippen LogP contribution < -0.4 is 15.7 Å². The molecule has 0 fully saturated rings. The van der Waals surface area contributed by atoms with Gasteiger partial charge in [0.2, 0.25) is 0 Å². The monoisotopic (exact) mass is 358 g/mol. The van der Waals surface area contributed by atoms with Gasteiger partial charge in [-0.05, 0) is 33.2 Å². The molecule has 9 heteroatoms. The van der Waals surface area contributed by atoms with Crippen LogP contribution in [0, 0.1) is 0 Å². The Morgan fingerprint density at radius 2 is 2.22 bits per heavy atom. The summed E-state index contributed by atoms with van der Waals surface area (Å²) in [6.07, 6.45) is 0. The number of thioether (sulfide) groups is 1. The number of furan rings is 1. The molecule has 0 saturated carbocycles. The van der Waals surface area contributed by atoms with Crippen LogP contribution in [0.5, 0.6) is 5.88 Å². The fourth-order valence-electron chi connectivity index (χ4n) is 1.86. The first-order valence-electron chi connectivity index (χ1n) is 7.36. The highest BCUT2D eigenvalue weighted by atomic mass is 32.2. The summed E-state index contributed by atoms with van der Waals surface area (Å²) in [5.41, 5.74) is 2.80. The van der Waals surface area contributed by atoms with Gasteiger partial charge >= 0.3 is 5.56 Å². The Hall–Kier alpha value is -1.45. The van der Waals surface area contributed by atoms with Gasteiger partial charge in [0.25, 0.3) is 5.88 Å². The molecular formula is C14H22N4O3S2. The predicted molar refractivity (Wildman–Crippen MR) is 94.0 cm³/mol. The van der Waals surface area contributed by atoms with E-state index in [4.69, 9.17) is 9.15 Å². The molecule has 0 aliphatic carbocycles. The Kier molecular flexibility index (Phi) is 7.00. The minimum absolute atomic E-state index is 0.154. The largest absolute Gasteiger partial charge is 0.473 e. The smallest absolute Gasteiger partial charge is 0.343 e. The third-order valence-electron chi connectivity index (χ3n) is 2.79. The Bertz CT molecular complexity index is 650. The quantitative estimate of drug-likeness (QED) is 0.650. The third kappa shape index (κ3) is 5.60. The fourth-order valence-corrected chi connectivity index (χ4v) is 3.18. The summed E-state index contributed by atoms with van der Waals surface area (Å²) in [6.45, 7) is 3.74. The highest BCUT2D eigenvalue weighted by Crippen LogP contribution is 2.16. The molecule has 0 saturated heterocycles. The van der Waals surface area contributed by atoms with Crippen molar-refractivity contribution in [3.8, 4) is 5.88 Å². The van der Waals surface area contributed by atoms with Gasteiger partial charge in [0.15, 0.2) is 0 Å². The van der Waals surface area contributed by atoms with E-state index in [9.17, 15) is 4.79 Å². The number of hydrogen-bond acceptors (Lipinski definition) is 8. The van der Waals surface area contributed by atoms with E-state index < -0.39 is 0 Å². The third-order valence-corrected chi connectivity index (χ3v) is 4.48. The fraction of sp³-hybridized carbons (Fsp3) is 0.571. The first kappa shape index (κ1) is 17.9. The van der Waals surface area contributed by atoms with Gasteiger partial charge in [-0.15, -0.1) is 4.37 Å². The summed E-state index contributed by atoms with van der Waals surface area (Å²) in [6, 6.07) is 4.03. The summed E-state index contributed by atoms with van der Waals surface area (Å²) < 4.78 is 16.2. The second kappa shape index (κ2) is 8.99. The van der Waals surface area contributed by atoms with Gasteiger partial charge < -0.3 is 19.5 Å². The number of rotatable bonds is 10. The Morgan fingerprint density at radius 3 is 2.96 bits per heavy atom. The minimum Gasteiger partial charge on any atom is -0.473 e. The molecule has 23 heavy (non-hydrogen) atoms. The van der Waals surface area contributed by atoms with Gasteiger partial charge in [-0.2, -0.15) is 15.8 Å². The van der Waals surface area contributed by atoms with Gasteiger partial charge in [0.05, 0.1) is 30.6 Å². The molecule has 0 radical (unpaired) electrons. The molecule has 0 atom stereocenters. The van der Waals surface area contributed by atoms with Crippen molar-refractivity contribution in [3.63, 3.8) is 0 Å². The summed E-state index contributed by atoms with van der Waals surface area (Å²) >= 11 is 2.81. The molecule has 0 amide bonds. The molecule has 128 valence electrons. The van der Waals surface area contributed by atoms with Crippen LogP contribution >= 0.6 is 23.5 Å². The highest BCUT2D eigenvalue weighted by Gasteiger charge is 2.09. The summed E-state index contributed by atoms with van der Waals surface area (Å²) in [4.78, 5) is 13.9. The van der Waals surface area contributed by atoms with Crippen molar-refractivity contribution in [2.24, 2.45) is 0 Å². The van der Waals surface area contributed by atoms with Crippen molar-refractivity contribution in [2.75, 3.05) is 38.4 Å². The van der Waals surface area contributed by atoms with Gasteiger partial charge in [0.1, 0.15) is 11.5 Å². The number of aromatic nitrogens is 2. The topological polar surface area (TPSA) is 72.5 Å². The van der Waals surface area contributed by atoms with E-state index in [1.807, 2.05) is 33.2 Å². The van der Waals surface area contributed by atoms with E-state index >= 15 is 0 Å². The Labute approximate surface area is 143 Å². The Balaban J connectivity index is 1.68. The van der Waals surface area contributed by atoms with Crippen LogP contribution in [0.25, 0.3) is 0 Å². The molecule has 0 bridgehead atoms. The molecule has 2 heterocycles. The maximum atomic E-state index is 11.8. The maximum absolute atomic E-state index is 11.8. The van der Waals surface area contributed by atoms with E-state index in [1.54, 1.807) is 11.8 Å². The molecule has 2 rings (SSSR count). The number of nitrogens with zero attached hydrogens (tertiary/aromatic N) is 3. The summed E-state index contributed by atoms with van der Waals surface area (Å²) in [5, 5.41) is 0. The van der Waals surface area contributed by atoms with Crippen LogP contribution in [-0.2, 0) is 12.3 Å². The van der Waals surface area contributed by atoms with Crippen molar-refractivity contribution in [3.05, 3.63) is 34.0 Å². The van der Waals surface area contributed by atoms with E-state index in [2.05, 4.69) is 14.7 Å². The van der Waals surface area contributed by atoms with Crippen molar-refractivity contribution in [1.29, 1.82) is 0 Å². The SMILES string of the molecule is CCOc1nsn(NCCSCc2ccc(CN(C)C)o2)c1=O. The number of ether oxygens (including phenoxy) is 1. The zero-order chi connectivity index (χ0) is 16.7. The van der Waals surface area contributed by atoms with Crippen molar-refractivity contribution in [2.45, 2.75) is 19.2 Å².